The van der Waals surface area contributed by atoms with Gasteiger partial charge < -0.3 is 0 Å². The lowest BCUT2D eigenvalue weighted by molar-refractivity contribution is 1.13. The minimum Gasteiger partial charge on any atom is -0.268 e. The highest BCUT2D eigenvalue weighted by Gasteiger charge is 1.99. The molecule has 0 radical (unpaired) electrons. The summed E-state index contributed by atoms with van der Waals surface area (Å²) in [7, 11) is 0. The van der Waals surface area contributed by atoms with Gasteiger partial charge in [-0.25, -0.2) is 3.96 Å². The van der Waals surface area contributed by atoms with Gasteiger partial charge in [-0.2, -0.15) is 0 Å². The van der Waals surface area contributed by atoms with Gasteiger partial charge in [0.1, 0.15) is 0 Å². The lowest BCUT2D eigenvalue weighted by atomic mass is 10.2. The Balaban J connectivity index is 2.59. The second kappa shape index (κ2) is 3.18. The van der Waals surface area contributed by atoms with Gasteiger partial charge in [-0.1, -0.05) is 23.7 Å². The van der Waals surface area contributed by atoms with Crippen molar-refractivity contribution in [1.29, 1.82) is 0 Å². The zero-order valence-electron chi connectivity index (χ0n) is 7.23. The summed E-state index contributed by atoms with van der Waals surface area (Å²) in [6.07, 6.45) is 0. The molecule has 0 spiro atoms. The summed E-state index contributed by atoms with van der Waals surface area (Å²) in [5.74, 6) is 0. The van der Waals surface area contributed by atoms with Gasteiger partial charge in [0.2, 0.25) is 0 Å². The minimum absolute atomic E-state index is 0.0376. The number of benzene rings is 1. The highest BCUT2D eigenvalue weighted by atomic mass is 32.1. The average molecular weight is 191 g/mol. The van der Waals surface area contributed by atoms with E-state index in [1.54, 1.807) is 15.4 Å². The summed E-state index contributed by atoms with van der Waals surface area (Å²) in [5.41, 5.74) is 2.15. The average Bonchev–Trinajstić information content (AvgIpc) is 2.51. The van der Waals surface area contributed by atoms with Crippen LogP contribution in [0.4, 0.5) is 0 Å². The predicted molar refractivity (Wildman–Crippen MR) is 54.7 cm³/mol. The van der Waals surface area contributed by atoms with Crippen LogP contribution in [0.1, 0.15) is 5.56 Å². The van der Waals surface area contributed by atoms with Gasteiger partial charge in [0.25, 0.3) is 5.56 Å². The molecular formula is C10H9NOS. The summed E-state index contributed by atoms with van der Waals surface area (Å²) in [6, 6.07) is 9.48. The number of hydrogen-bond donors (Lipinski definition) is 0. The maximum atomic E-state index is 11.3. The van der Waals surface area contributed by atoms with Gasteiger partial charge in [-0.3, -0.25) is 4.79 Å². The van der Waals surface area contributed by atoms with Crippen LogP contribution in [-0.2, 0) is 0 Å². The molecule has 0 bridgehead atoms. The SMILES string of the molecule is Cc1cccc(-n2sccc2=O)c1. The van der Waals surface area contributed by atoms with Crippen LogP contribution in [-0.4, -0.2) is 3.96 Å². The zero-order valence-corrected chi connectivity index (χ0v) is 8.04. The van der Waals surface area contributed by atoms with Crippen molar-refractivity contribution in [3.8, 4) is 5.69 Å². The Morgan fingerprint density at radius 1 is 1.31 bits per heavy atom. The van der Waals surface area contributed by atoms with Crippen LogP contribution in [0.25, 0.3) is 5.69 Å². The van der Waals surface area contributed by atoms with Crippen LogP contribution in [0.2, 0.25) is 0 Å². The highest BCUT2D eigenvalue weighted by molar-refractivity contribution is 7.04. The number of hydrogen-bond acceptors (Lipinski definition) is 2. The van der Waals surface area contributed by atoms with E-state index in [2.05, 4.69) is 0 Å². The molecule has 2 nitrogen and oxygen atoms in total. The molecule has 0 aliphatic heterocycles. The molecule has 0 amide bonds. The van der Waals surface area contributed by atoms with Gasteiger partial charge in [0, 0.05) is 11.4 Å². The second-order valence-electron chi connectivity index (χ2n) is 2.88. The first-order valence-corrected chi connectivity index (χ1v) is 4.85. The molecule has 0 fully saturated rings. The largest absolute Gasteiger partial charge is 0.268 e. The predicted octanol–water partition coefficient (Wildman–Crippen LogP) is 2.21. The van der Waals surface area contributed by atoms with Crippen molar-refractivity contribution in [3.05, 3.63) is 51.6 Å². The van der Waals surface area contributed by atoms with Crippen molar-refractivity contribution in [2.24, 2.45) is 0 Å². The molecule has 0 N–H and O–H groups in total. The molecule has 2 rings (SSSR count). The molecule has 2 aromatic rings. The fourth-order valence-corrected chi connectivity index (χ4v) is 1.91. The Hall–Kier alpha value is -1.35. The van der Waals surface area contributed by atoms with Gasteiger partial charge in [0.15, 0.2) is 0 Å². The highest BCUT2D eigenvalue weighted by Crippen LogP contribution is 2.10. The second-order valence-corrected chi connectivity index (χ2v) is 3.73. The maximum absolute atomic E-state index is 11.3. The summed E-state index contributed by atoms with van der Waals surface area (Å²) in [5, 5.41) is 1.80. The van der Waals surface area contributed by atoms with Crippen molar-refractivity contribution in [3.63, 3.8) is 0 Å². The molecule has 0 unspecified atom stereocenters. The van der Waals surface area contributed by atoms with Gasteiger partial charge in [-0.05, 0) is 24.6 Å². The molecule has 0 saturated heterocycles. The van der Waals surface area contributed by atoms with E-state index in [-0.39, 0.29) is 5.56 Å². The normalized spacial score (nSPS) is 10.2. The van der Waals surface area contributed by atoms with Crippen LogP contribution in [0.3, 0.4) is 0 Å². The molecule has 13 heavy (non-hydrogen) atoms. The first kappa shape index (κ1) is 8.26. The number of nitrogens with zero attached hydrogens (tertiary/aromatic N) is 1. The van der Waals surface area contributed by atoms with Crippen LogP contribution in [0.15, 0.2) is 40.5 Å². The Kier molecular flexibility index (Phi) is 2.02. The monoisotopic (exact) mass is 191 g/mol. The third-order valence-corrected chi connectivity index (χ3v) is 2.67. The summed E-state index contributed by atoms with van der Waals surface area (Å²) in [4.78, 5) is 11.3. The number of aromatic nitrogens is 1. The Bertz CT molecular complexity index is 470. The van der Waals surface area contributed by atoms with E-state index in [0.717, 1.165) is 11.3 Å². The van der Waals surface area contributed by atoms with Crippen molar-refractivity contribution < 1.29 is 0 Å². The van der Waals surface area contributed by atoms with Crippen LogP contribution in [0.5, 0.6) is 0 Å². The van der Waals surface area contributed by atoms with Crippen molar-refractivity contribution >= 4 is 11.5 Å². The van der Waals surface area contributed by atoms with E-state index in [9.17, 15) is 4.79 Å². The third-order valence-electron chi connectivity index (χ3n) is 1.81. The van der Waals surface area contributed by atoms with E-state index in [0.29, 0.717) is 0 Å². The Labute approximate surface area is 80.2 Å². The molecule has 0 aliphatic carbocycles. The number of rotatable bonds is 1. The van der Waals surface area contributed by atoms with Gasteiger partial charge in [-0.15, -0.1) is 0 Å². The summed E-state index contributed by atoms with van der Waals surface area (Å²) in [6.45, 7) is 2.02. The molecule has 1 heterocycles. The molecule has 0 aliphatic rings. The van der Waals surface area contributed by atoms with Gasteiger partial charge in [0.05, 0.1) is 5.69 Å². The molecule has 0 saturated carbocycles. The van der Waals surface area contributed by atoms with E-state index in [1.165, 1.54) is 11.5 Å². The van der Waals surface area contributed by atoms with E-state index in [4.69, 9.17) is 0 Å². The van der Waals surface area contributed by atoms with Crippen LogP contribution >= 0.6 is 11.5 Å². The van der Waals surface area contributed by atoms with E-state index in [1.807, 2.05) is 31.2 Å². The van der Waals surface area contributed by atoms with Gasteiger partial charge >= 0.3 is 0 Å². The first-order valence-electron chi connectivity index (χ1n) is 4.01. The molecule has 3 heteroatoms. The van der Waals surface area contributed by atoms with Crippen molar-refractivity contribution in [2.75, 3.05) is 0 Å². The first-order chi connectivity index (χ1) is 6.27. The Morgan fingerprint density at radius 2 is 2.15 bits per heavy atom. The van der Waals surface area contributed by atoms with Crippen molar-refractivity contribution in [1.82, 2.24) is 3.96 Å². The summed E-state index contributed by atoms with van der Waals surface area (Å²) < 4.78 is 1.67. The minimum atomic E-state index is 0.0376. The summed E-state index contributed by atoms with van der Waals surface area (Å²) >= 11 is 1.42. The standard InChI is InChI=1S/C10H9NOS/c1-8-3-2-4-9(7-8)11-10(12)5-6-13-11/h2-7H,1H3. The van der Waals surface area contributed by atoms with E-state index < -0.39 is 0 Å². The molecule has 0 atom stereocenters. The fraction of sp³-hybridized carbons (Fsp3) is 0.100. The van der Waals surface area contributed by atoms with E-state index >= 15 is 0 Å². The lowest BCUT2D eigenvalue weighted by Crippen LogP contribution is -2.09. The maximum Gasteiger partial charge on any atom is 0.265 e. The van der Waals surface area contributed by atoms with Crippen LogP contribution in [0, 0.1) is 6.92 Å². The smallest absolute Gasteiger partial charge is 0.265 e. The molecule has 1 aromatic carbocycles. The van der Waals surface area contributed by atoms with Crippen molar-refractivity contribution in [2.45, 2.75) is 6.92 Å². The zero-order chi connectivity index (χ0) is 9.26. The topological polar surface area (TPSA) is 22.0 Å². The lowest BCUT2D eigenvalue weighted by Gasteiger charge is -2.00. The third kappa shape index (κ3) is 1.55. The molecule has 66 valence electrons. The molecule has 1 aromatic heterocycles. The fourth-order valence-electron chi connectivity index (χ4n) is 1.21. The van der Waals surface area contributed by atoms with Crippen LogP contribution < -0.4 is 5.56 Å². The Morgan fingerprint density at radius 3 is 2.77 bits per heavy atom. The number of aryl methyl sites for hydroxylation is 1. The quantitative estimate of drug-likeness (QED) is 0.677. The molecular weight excluding hydrogens is 182 g/mol.